The van der Waals surface area contributed by atoms with Gasteiger partial charge >= 0.3 is 0 Å². The SMILES string of the molecule is CCCCn1cc(-c2ccc3ncc(C(=O)NC(C)(C)C)c(Nc4ccccc4)c3c2)cn1. The highest BCUT2D eigenvalue weighted by Crippen LogP contribution is 2.33. The summed E-state index contributed by atoms with van der Waals surface area (Å²) in [5.74, 6) is -0.159. The minimum atomic E-state index is -0.356. The Morgan fingerprint density at radius 1 is 1.03 bits per heavy atom. The molecule has 0 aliphatic heterocycles. The number of nitrogens with zero attached hydrogens (tertiary/aromatic N) is 3. The third kappa shape index (κ3) is 5.40. The lowest BCUT2D eigenvalue weighted by molar-refractivity contribution is 0.0920. The molecular weight excluding hydrogens is 410 g/mol. The summed E-state index contributed by atoms with van der Waals surface area (Å²) in [7, 11) is 0. The van der Waals surface area contributed by atoms with Crippen LogP contribution in [-0.2, 0) is 6.54 Å². The first-order chi connectivity index (χ1) is 15.8. The number of carbonyl (C=O) groups is 1. The molecule has 1 amide bonds. The Balaban J connectivity index is 1.81. The molecular formula is C27H31N5O. The summed E-state index contributed by atoms with van der Waals surface area (Å²) in [4.78, 5) is 17.8. The molecule has 0 fully saturated rings. The van der Waals surface area contributed by atoms with E-state index >= 15 is 0 Å². The van der Waals surface area contributed by atoms with Crippen LogP contribution in [0, 0.1) is 0 Å². The Morgan fingerprint density at radius 2 is 1.82 bits per heavy atom. The van der Waals surface area contributed by atoms with Gasteiger partial charge in [0.2, 0.25) is 0 Å². The van der Waals surface area contributed by atoms with Crippen LogP contribution in [0.15, 0.2) is 67.1 Å². The number of aryl methyl sites for hydroxylation is 1. The molecule has 6 nitrogen and oxygen atoms in total. The van der Waals surface area contributed by atoms with Crippen molar-refractivity contribution in [2.24, 2.45) is 0 Å². The van der Waals surface area contributed by atoms with E-state index in [1.807, 2.05) is 68.0 Å². The molecule has 4 rings (SSSR count). The highest BCUT2D eigenvalue weighted by Gasteiger charge is 2.21. The van der Waals surface area contributed by atoms with E-state index in [4.69, 9.17) is 0 Å². The number of amides is 1. The van der Waals surface area contributed by atoms with Crippen LogP contribution in [0.1, 0.15) is 50.9 Å². The molecule has 2 aromatic carbocycles. The number of hydrogen-bond acceptors (Lipinski definition) is 4. The molecule has 0 aliphatic carbocycles. The molecule has 0 bridgehead atoms. The van der Waals surface area contributed by atoms with Gasteiger partial charge in [0.25, 0.3) is 5.91 Å². The standard InChI is InChI=1S/C27H31N5O/c1-5-6-14-32-18-20(16-29-32)19-12-13-24-22(15-19)25(30-21-10-8-7-9-11-21)23(17-28-24)26(33)31-27(2,3)4/h7-13,15-18H,5-6,14H2,1-4H3,(H,28,30)(H,31,33). The number of aromatic nitrogens is 3. The summed E-state index contributed by atoms with van der Waals surface area (Å²) in [5.41, 5.74) is 4.71. The van der Waals surface area contributed by atoms with Crippen molar-refractivity contribution >= 4 is 28.2 Å². The van der Waals surface area contributed by atoms with E-state index in [1.54, 1.807) is 6.20 Å². The topological polar surface area (TPSA) is 71.8 Å². The molecule has 6 heteroatoms. The molecule has 0 radical (unpaired) electrons. The van der Waals surface area contributed by atoms with Gasteiger partial charge in [-0.15, -0.1) is 0 Å². The van der Waals surface area contributed by atoms with Crippen LogP contribution in [0.4, 0.5) is 11.4 Å². The largest absolute Gasteiger partial charge is 0.354 e. The molecule has 2 N–H and O–H groups in total. The molecule has 0 unspecified atom stereocenters. The minimum absolute atomic E-state index is 0.159. The molecule has 0 saturated carbocycles. The minimum Gasteiger partial charge on any atom is -0.354 e. The molecule has 4 aromatic rings. The van der Waals surface area contributed by atoms with Gasteiger partial charge in [0.15, 0.2) is 0 Å². The second-order valence-corrected chi connectivity index (χ2v) is 9.32. The summed E-state index contributed by atoms with van der Waals surface area (Å²) >= 11 is 0. The molecule has 2 aromatic heterocycles. The zero-order valence-electron chi connectivity index (χ0n) is 19.7. The number of carbonyl (C=O) groups excluding carboxylic acids is 1. The number of benzene rings is 2. The van der Waals surface area contributed by atoms with E-state index in [1.165, 1.54) is 0 Å². The molecule has 0 spiro atoms. The molecule has 0 saturated heterocycles. The molecule has 0 aliphatic rings. The number of hydrogen-bond donors (Lipinski definition) is 2. The van der Waals surface area contributed by atoms with E-state index < -0.39 is 0 Å². The van der Waals surface area contributed by atoms with Crippen LogP contribution in [0.25, 0.3) is 22.0 Å². The Hall–Kier alpha value is -3.67. The van der Waals surface area contributed by atoms with Gasteiger partial charge < -0.3 is 10.6 Å². The monoisotopic (exact) mass is 441 g/mol. The van der Waals surface area contributed by atoms with Crippen molar-refractivity contribution in [2.45, 2.75) is 52.6 Å². The average Bonchev–Trinajstić information content (AvgIpc) is 3.26. The Bertz CT molecular complexity index is 1250. The molecule has 0 atom stereocenters. The third-order valence-corrected chi connectivity index (χ3v) is 5.35. The number of fused-ring (bicyclic) bond motifs is 1. The number of rotatable bonds is 7. The van der Waals surface area contributed by atoms with Crippen molar-refractivity contribution in [3.8, 4) is 11.1 Å². The Morgan fingerprint density at radius 3 is 2.55 bits per heavy atom. The predicted molar refractivity (Wildman–Crippen MR) is 135 cm³/mol. The van der Waals surface area contributed by atoms with Crippen LogP contribution in [-0.4, -0.2) is 26.2 Å². The van der Waals surface area contributed by atoms with Gasteiger partial charge in [0, 0.05) is 41.1 Å². The van der Waals surface area contributed by atoms with Gasteiger partial charge in [-0.05, 0) is 57.0 Å². The van der Waals surface area contributed by atoms with Gasteiger partial charge in [0.05, 0.1) is 23.0 Å². The third-order valence-electron chi connectivity index (χ3n) is 5.35. The number of para-hydroxylation sites is 1. The lowest BCUT2D eigenvalue weighted by atomic mass is 10.0. The highest BCUT2D eigenvalue weighted by atomic mass is 16.1. The zero-order chi connectivity index (χ0) is 23.4. The number of unbranched alkanes of at least 4 members (excludes halogenated alkanes) is 1. The van der Waals surface area contributed by atoms with Crippen molar-refractivity contribution < 1.29 is 4.79 Å². The fourth-order valence-corrected chi connectivity index (χ4v) is 3.71. The average molecular weight is 442 g/mol. The van der Waals surface area contributed by atoms with E-state index in [0.717, 1.165) is 52.8 Å². The van der Waals surface area contributed by atoms with Crippen LogP contribution in [0.2, 0.25) is 0 Å². The van der Waals surface area contributed by atoms with Crippen LogP contribution < -0.4 is 10.6 Å². The van der Waals surface area contributed by atoms with Crippen LogP contribution in [0.3, 0.4) is 0 Å². The number of pyridine rings is 1. The van der Waals surface area contributed by atoms with Crippen molar-refractivity contribution in [1.82, 2.24) is 20.1 Å². The lowest BCUT2D eigenvalue weighted by Gasteiger charge is -2.22. The van der Waals surface area contributed by atoms with Gasteiger partial charge in [0.1, 0.15) is 0 Å². The summed E-state index contributed by atoms with van der Waals surface area (Å²) < 4.78 is 1.98. The number of anilines is 2. The second kappa shape index (κ2) is 9.45. The second-order valence-electron chi connectivity index (χ2n) is 9.32. The first-order valence-corrected chi connectivity index (χ1v) is 11.4. The smallest absolute Gasteiger partial charge is 0.255 e. The van der Waals surface area contributed by atoms with Crippen molar-refractivity contribution in [1.29, 1.82) is 0 Å². The van der Waals surface area contributed by atoms with E-state index in [9.17, 15) is 4.79 Å². The maximum absolute atomic E-state index is 13.2. The van der Waals surface area contributed by atoms with Crippen molar-refractivity contribution in [3.63, 3.8) is 0 Å². The summed E-state index contributed by atoms with van der Waals surface area (Å²) in [6.07, 6.45) is 7.84. The van der Waals surface area contributed by atoms with Crippen LogP contribution >= 0.6 is 0 Å². The fourth-order valence-electron chi connectivity index (χ4n) is 3.71. The normalized spacial score (nSPS) is 11.5. The Labute approximate surface area is 195 Å². The van der Waals surface area contributed by atoms with Gasteiger partial charge in [-0.1, -0.05) is 37.6 Å². The van der Waals surface area contributed by atoms with Gasteiger partial charge in [-0.25, -0.2) is 0 Å². The van der Waals surface area contributed by atoms with Crippen molar-refractivity contribution in [3.05, 3.63) is 72.7 Å². The summed E-state index contributed by atoms with van der Waals surface area (Å²) in [6.45, 7) is 8.99. The number of nitrogens with one attached hydrogen (secondary N) is 2. The maximum atomic E-state index is 13.2. The summed E-state index contributed by atoms with van der Waals surface area (Å²) in [5, 5.41) is 11.9. The molecule has 33 heavy (non-hydrogen) atoms. The fraction of sp³-hybridized carbons (Fsp3) is 0.296. The van der Waals surface area contributed by atoms with E-state index in [2.05, 4.69) is 46.0 Å². The lowest BCUT2D eigenvalue weighted by Crippen LogP contribution is -2.40. The predicted octanol–water partition coefficient (Wildman–Crippen LogP) is 6.17. The molecule has 170 valence electrons. The first kappa shape index (κ1) is 22.5. The van der Waals surface area contributed by atoms with Crippen molar-refractivity contribution in [2.75, 3.05) is 5.32 Å². The quantitative estimate of drug-likeness (QED) is 0.360. The Kier molecular flexibility index (Phi) is 6.45. The van der Waals surface area contributed by atoms with Gasteiger partial charge in [-0.2, -0.15) is 5.10 Å². The van der Waals surface area contributed by atoms with E-state index in [0.29, 0.717) is 5.56 Å². The zero-order valence-corrected chi connectivity index (χ0v) is 19.7. The van der Waals surface area contributed by atoms with Crippen LogP contribution in [0.5, 0.6) is 0 Å². The molecule has 2 heterocycles. The van der Waals surface area contributed by atoms with Gasteiger partial charge in [-0.3, -0.25) is 14.5 Å². The highest BCUT2D eigenvalue weighted by molar-refractivity contribution is 6.09. The maximum Gasteiger partial charge on any atom is 0.255 e. The van der Waals surface area contributed by atoms with E-state index in [-0.39, 0.29) is 11.4 Å². The first-order valence-electron chi connectivity index (χ1n) is 11.4. The summed E-state index contributed by atoms with van der Waals surface area (Å²) in [6, 6.07) is 16.0.